The molecular formula is C21H34N6S2. The van der Waals surface area contributed by atoms with Gasteiger partial charge in [-0.05, 0) is 49.3 Å². The Morgan fingerprint density at radius 3 is 2.86 bits per heavy atom. The number of guanidine groups is 1. The topological polar surface area (TPSA) is 67.1 Å². The molecular weight excluding hydrogens is 400 g/mol. The van der Waals surface area contributed by atoms with Gasteiger partial charge in [-0.15, -0.1) is 21.5 Å². The van der Waals surface area contributed by atoms with Gasteiger partial charge in [-0.1, -0.05) is 37.6 Å². The summed E-state index contributed by atoms with van der Waals surface area (Å²) < 4.78 is 2.40. The largest absolute Gasteiger partial charge is 0.356 e. The maximum atomic E-state index is 4.48. The lowest BCUT2D eigenvalue weighted by molar-refractivity contribution is 0.460. The van der Waals surface area contributed by atoms with Gasteiger partial charge in [0.15, 0.2) is 11.1 Å². The highest BCUT2D eigenvalue weighted by Crippen LogP contribution is 2.33. The number of rotatable bonds is 10. The molecule has 29 heavy (non-hydrogen) atoms. The highest BCUT2D eigenvalue weighted by Gasteiger charge is 2.23. The average molecular weight is 435 g/mol. The maximum absolute atomic E-state index is 4.48. The third-order valence-corrected chi connectivity index (χ3v) is 6.99. The van der Waals surface area contributed by atoms with Crippen molar-refractivity contribution >= 4 is 29.1 Å². The Balaban J connectivity index is 1.40. The number of aliphatic imine (C=N–C) groups is 1. The molecule has 0 aliphatic heterocycles. The van der Waals surface area contributed by atoms with Crippen LogP contribution in [0.15, 0.2) is 27.7 Å². The van der Waals surface area contributed by atoms with Crippen LogP contribution >= 0.6 is 23.1 Å². The Hall–Kier alpha value is -1.54. The number of nitrogens with one attached hydrogen (secondary N) is 2. The fraction of sp³-hybridized carbons (Fsp3) is 0.667. The van der Waals surface area contributed by atoms with Crippen molar-refractivity contribution in [3.8, 4) is 0 Å². The van der Waals surface area contributed by atoms with Gasteiger partial charge >= 0.3 is 0 Å². The molecule has 2 aromatic rings. The van der Waals surface area contributed by atoms with E-state index in [1.807, 2.05) is 18.4 Å². The summed E-state index contributed by atoms with van der Waals surface area (Å²) in [5, 5.41) is 19.0. The van der Waals surface area contributed by atoms with Gasteiger partial charge in [0.1, 0.15) is 5.82 Å². The molecule has 0 bridgehead atoms. The Morgan fingerprint density at radius 1 is 1.34 bits per heavy atom. The van der Waals surface area contributed by atoms with Crippen LogP contribution < -0.4 is 10.6 Å². The fourth-order valence-corrected chi connectivity index (χ4v) is 5.38. The minimum absolute atomic E-state index is 0.571. The van der Waals surface area contributed by atoms with E-state index in [0.29, 0.717) is 12.0 Å². The number of thioether (sulfide) groups is 1. The highest BCUT2D eigenvalue weighted by atomic mass is 32.2. The average Bonchev–Trinajstić information content (AvgIpc) is 3.48. The summed E-state index contributed by atoms with van der Waals surface area (Å²) in [5.74, 6) is 2.59. The fourth-order valence-electron chi connectivity index (χ4n) is 3.94. The van der Waals surface area contributed by atoms with Crippen molar-refractivity contribution in [1.29, 1.82) is 0 Å². The lowest BCUT2D eigenvalue weighted by Gasteiger charge is -2.17. The SMILES string of the molecule is CN=C(NCCCc1nnc(SC)n1C1CCCC1)NCC(C)Cc1cccs1. The second-order valence-electron chi connectivity index (χ2n) is 7.78. The first-order valence-electron chi connectivity index (χ1n) is 10.7. The normalized spacial score (nSPS) is 16.3. The van der Waals surface area contributed by atoms with E-state index >= 15 is 0 Å². The van der Waals surface area contributed by atoms with Crippen LogP contribution in [0, 0.1) is 5.92 Å². The smallest absolute Gasteiger partial charge is 0.191 e. The van der Waals surface area contributed by atoms with Gasteiger partial charge in [-0.25, -0.2) is 0 Å². The Morgan fingerprint density at radius 2 is 2.17 bits per heavy atom. The van der Waals surface area contributed by atoms with Gasteiger partial charge in [0.05, 0.1) is 0 Å². The molecule has 0 aromatic carbocycles. The monoisotopic (exact) mass is 434 g/mol. The van der Waals surface area contributed by atoms with Gasteiger partial charge in [0.25, 0.3) is 0 Å². The standard InChI is InChI=1S/C21H34N6S2/c1-16(14-18-10-7-13-29-18)15-24-20(22-2)23-12-6-11-19-25-26-21(28-3)27(19)17-8-4-5-9-17/h7,10,13,16-17H,4-6,8-9,11-12,14-15H2,1-3H3,(H2,22,23,24). The van der Waals surface area contributed by atoms with E-state index < -0.39 is 0 Å². The lowest BCUT2D eigenvalue weighted by Crippen LogP contribution is -2.40. The molecule has 1 aliphatic carbocycles. The van der Waals surface area contributed by atoms with E-state index in [1.165, 1.54) is 30.6 Å². The van der Waals surface area contributed by atoms with Gasteiger partial charge in [0.2, 0.25) is 0 Å². The molecule has 160 valence electrons. The van der Waals surface area contributed by atoms with E-state index in [0.717, 1.165) is 49.3 Å². The zero-order chi connectivity index (χ0) is 20.5. The van der Waals surface area contributed by atoms with Crippen LogP contribution in [0.1, 0.15) is 55.8 Å². The second-order valence-corrected chi connectivity index (χ2v) is 9.59. The molecule has 1 unspecified atom stereocenters. The molecule has 1 atom stereocenters. The molecule has 1 fully saturated rings. The lowest BCUT2D eigenvalue weighted by atomic mass is 10.1. The first kappa shape index (κ1) is 22.2. The van der Waals surface area contributed by atoms with E-state index in [-0.39, 0.29) is 0 Å². The van der Waals surface area contributed by atoms with Crippen LogP contribution in [-0.4, -0.2) is 47.1 Å². The van der Waals surface area contributed by atoms with Crippen molar-refractivity contribution in [2.45, 2.75) is 63.1 Å². The van der Waals surface area contributed by atoms with Gasteiger partial charge in [-0.3, -0.25) is 4.99 Å². The Kier molecular flexibility index (Phi) is 8.86. The quantitative estimate of drug-likeness (QED) is 0.254. The molecule has 0 saturated heterocycles. The summed E-state index contributed by atoms with van der Waals surface area (Å²) in [6.07, 6.45) is 10.3. The number of aromatic nitrogens is 3. The summed E-state index contributed by atoms with van der Waals surface area (Å²) in [6, 6.07) is 4.92. The molecule has 3 rings (SSSR count). The minimum Gasteiger partial charge on any atom is -0.356 e. The molecule has 6 nitrogen and oxygen atoms in total. The summed E-state index contributed by atoms with van der Waals surface area (Å²) in [5.41, 5.74) is 0. The molecule has 0 amide bonds. The third kappa shape index (κ3) is 6.47. The number of thiophene rings is 1. The molecule has 2 heterocycles. The third-order valence-electron chi connectivity index (χ3n) is 5.45. The van der Waals surface area contributed by atoms with E-state index in [1.54, 1.807) is 11.8 Å². The number of aryl methyl sites for hydroxylation is 1. The van der Waals surface area contributed by atoms with Crippen LogP contribution in [-0.2, 0) is 12.8 Å². The molecule has 1 aliphatic rings. The van der Waals surface area contributed by atoms with Gasteiger partial charge in [0, 0.05) is 37.5 Å². The van der Waals surface area contributed by atoms with Gasteiger partial charge < -0.3 is 15.2 Å². The highest BCUT2D eigenvalue weighted by molar-refractivity contribution is 7.98. The van der Waals surface area contributed by atoms with Crippen molar-refractivity contribution in [2.75, 3.05) is 26.4 Å². The van der Waals surface area contributed by atoms with E-state index in [9.17, 15) is 0 Å². The van der Waals surface area contributed by atoms with Crippen molar-refractivity contribution in [3.63, 3.8) is 0 Å². The predicted molar refractivity (Wildman–Crippen MR) is 124 cm³/mol. The summed E-state index contributed by atoms with van der Waals surface area (Å²) >= 11 is 3.54. The molecule has 2 aromatic heterocycles. The van der Waals surface area contributed by atoms with Crippen molar-refractivity contribution in [1.82, 2.24) is 25.4 Å². The minimum atomic E-state index is 0.571. The van der Waals surface area contributed by atoms with Crippen LogP contribution in [0.2, 0.25) is 0 Å². The number of nitrogens with zero attached hydrogens (tertiary/aromatic N) is 4. The van der Waals surface area contributed by atoms with Crippen LogP contribution in [0.3, 0.4) is 0 Å². The van der Waals surface area contributed by atoms with Crippen LogP contribution in [0.25, 0.3) is 0 Å². The molecule has 2 N–H and O–H groups in total. The van der Waals surface area contributed by atoms with Crippen molar-refractivity contribution in [2.24, 2.45) is 10.9 Å². The van der Waals surface area contributed by atoms with Crippen molar-refractivity contribution in [3.05, 3.63) is 28.2 Å². The zero-order valence-corrected chi connectivity index (χ0v) is 19.5. The van der Waals surface area contributed by atoms with E-state index in [2.05, 4.69) is 61.1 Å². The summed E-state index contributed by atoms with van der Waals surface area (Å²) in [7, 11) is 1.83. The Labute approximate surface area is 183 Å². The number of hydrogen-bond acceptors (Lipinski definition) is 5. The van der Waals surface area contributed by atoms with Gasteiger partial charge in [-0.2, -0.15) is 0 Å². The Bertz CT molecular complexity index is 749. The second kappa shape index (κ2) is 11.6. The number of hydrogen-bond donors (Lipinski definition) is 2. The molecule has 0 spiro atoms. The first-order valence-corrected chi connectivity index (χ1v) is 12.8. The van der Waals surface area contributed by atoms with Crippen LogP contribution in [0.5, 0.6) is 0 Å². The first-order chi connectivity index (χ1) is 14.2. The maximum Gasteiger partial charge on any atom is 0.191 e. The van der Waals surface area contributed by atoms with E-state index in [4.69, 9.17) is 0 Å². The van der Waals surface area contributed by atoms with Crippen LogP contribution in [0.4, 0.5) is 0 Å². The molecule has 1 saturated carbocycles. The summed E-state index contributed by atoms with van der Waals surface area (Å²) in [6.45, 7) is 4.08. The predicted octanol–water partition coefficient (Wildman–Crippen LogP) is 4.15. The molecule has 0 radical (unpaired) electrons. The van der Waals surface area contributed by atoms with Crippen molar-refractivity contribution < 1.29 is 0 Å². The summed E-state index contributed by atoms with van der Waals surface area (Å²) in [4.78, 5) is 5.80. The molecule has 8 heteroatoms. The zero-order valence-electron chi connectivity index (χ0n) is 17.9.